The SMILES string of the molecule is O=C(CCCOc1cccc(-c2nc3ccccc3s2)c1)NO. The number of hydrogen-bond donors (Lipinski definition) is 2. The van der Waals surface area contributed by atoms with Crippen LogP contribution in [0.5, 0.6) is 5.75 Å². The Hall–Kier alpha value is -2.44. The van der Waals surface area contributed by atoms with Crippen molar-refractivity contribution >= 4 is 27.5 Å². The van der Waals surface area contributed by atoms with Gasteiger partial charge in [0.05, 0.1) is 16.8 Å². The summed E-state index contributed by atoms with van der Waals surface area (Å²) in [5.41, 5.74) is 3.61. The maximum absolute atomic E-state index is 10.9. The molecule has 0 unspecified atom stereocenters. The molecule has 0 aliphatic rings. The molecule has 118 valence electrons. The second-order valence-electron chi connectivity index (χ2n) is 5.00. The normalized spacial score (nSPS) is 10.7. The second-order valence-corrected chi connectivity index (χ2v) is 6.03. The summed E-state index contributed by atoms with van der Waals surface area (Å²) in [5, 5.41) is 9.38. The molecule has 3 rings (SSSR count). The van der Waals surface area contributed by atoms with Crippen LogP contribution in [-0.2, 0) is 4.79 Å². The number of amides is 1. The number of nitrogens with zero attached hydrogens (tertiary/aromatic N) is 1. The zero-order valence-electron chi connectivity index (χ0n) is 12.4. The molecule has 2 N–H and O–H groups in total. The number of fused-ring (bicyclic) bond motifs is 1. The molecule has 0 spiro atoms. The first kappa shape index (κ1) is 15.5. The Kier molecular flexibility index (Phi) is 4.85. The number of hydroxylamine groups is 1. The van der Waals surface area contributed by atoms with E-state index in [0.29, 0.717) is 13.0 Å². The van der Waals surface area contributed by atoms with Gasteiger partial charge in [-0.2, -0.15) is 0 Å². The lowest BCUT2D eigenvalue weighted by Crippen LogP contribution is -2.18. The van der Waals surface area contributed by atoms with Crippen molar-refractivity contribution in [1.29, 1.82) is 0 Å². The number of rotatable bonds is 6. The van der Waals surface area contributed by atoms with Gasteiger partial charge in [-0.25, -0.2) is 10.5 Å². The van der Waals surface area contributed by atoms with E-state index in [0.717, 1.165) is 26.5 Å². The highest BCUT2D eigenvalue weighted by molar-refractivity contribution is 7.21. The molecular weight excluding hydrogens is 312 g/mol. The lowest BCUT2D eigenvalue weighted by atomic mass is 10.2. The van der Waals surface area contributed by atoms with E-state index in [4.69, 9.17) is 9.94 Å². The lowest BCUT2D eigenvalue weighted by Gasteiger charge is -2.06. The molecular formula is C17H16N2O3S. The van der Waals surface area contributed by atoms with Gasteiger partial charge in [0, 0.05) is 12.0 Å². The molecule has 0 aliphatic heterocycles. The minimum Gasteiger partial charge on any atom is -0.494 e. The smallest absolute Gasteiger partial charge is 0.243 e. The average Bonchev–Trinajstić information content (AvgIpc) is 3.03. The summed E-state index contributed by atoms with van der Waals surface area (Å²) >= 11 is 1.65. The molecule has 3 aromatic rings. The summed E-state index contributed by atoms with van der Waals surface area (Å²) < 4.78 is 6.81. The summed E-state index contributed by atoms with van der Waals surface area (Å²) in [6.07, 6.45) is 0.770. The topological polar surface area (TPSA) is 71.5 Å². The Bertz CT molecular complexity index is 783. The molecule has 0 fully saturated rings. The molecule has 0 atom stereocenters. The van der Waals surface area contributed by atoms with Crippen molar-refractivity contribution in [2.75, 3.05) is 6.61 Å². The number of carbonyl (C=O) groups excluding carboxylic acids is 1. The van der Waals surface area contributed by atoms with Crippen molar-refractivity contribution in [3.8, 4) is 16.3 Å². The Morgan fingerprint density at radius 2 is 2.09 bits per heavy atom. The first-order valence-electron chi connectivity index (χ1n) is 7.28. The monoisotopic (exact) mass is 328 g/mol. The molecule has 1 amide bonds. The zero-order valence-corrected chi connectivity index (χ0v) is 13.2. The number of nitrogens with one attached hydrogen (secondary N) is 1. The standard InChI is InChI=1S/C17H16N2O3S/c20-16(19-21)9-4-10-22-13-6-3-5-12(11-13)17-18-14-7-1-2-8-15(14)23-17/h1-3,5-8,11,21H,4,9-10H2,(H,19,20). The Morgan fingerprint density at radius 1 is 1.22 bits per heavy atom. The molecule has 2 aromatic carbocycles. The van der Waals surface area contributed by atoms with Crippen LogP contribution in [0.2, 0.25) is 0 Å². The van der Waals surface area contributed by atoms with E-state index >= 15 is 0 Å². The largest absolute Gasteiger partial charge is 0.494 e. The third-order valence-corrected chi connectivity index (χ3v) is 4.40. The number of para-hydroxylation sites is 1. The van der Waals surface area contributed by atoms with Gasteiger partial charge in [0.25, 0.3) is 0 Å². The van der Waals surface area contributed by atoms with Crippen molar-refractivity contribution in [3.63, 3.8) is 0 Å². The summed E-state index contributed by atoms with van der Waals surface area (Å²) in [6, 6.07) is 15.8. The number of thiazole rings is 1. The van der Waals surface area contributed by atoms with Crippen LogP contribution >= 0.6 is 11.3 Å². The maximum atomic E-state index is 10.9. The summed E-state index contributed by atoms with van der Waals surface area (Å²) in [4.78, 5) is 15.6. The van der Waals surface area contributed by atoms with Crippen LogP contribution in [0, 0.1) is 0 Å². The van der Waals surface area contributed by atoms with Gasteiger partial charge in [0.15, 0.2) is 0 Å². The van der Waals surface area contributed by atoms with Gasteiger partial charge in [-0.05, 0) is 30.7 Å². The van der Waals surface area contributed by atoms with Crippen LogP contribution in [0.4, 0.5) is 0 Å². The van der Waals surface area contributed by atoms with Crippen molar-refractivity contribution in [2.45, 2.75) is 12.8 Å². The van der Waals surface area contributed by atoms with Crippen molar-refractivity contribution in [2.24, 2.45) is 0 Å². The van der Waals surface area contributed by atoms with Gasteiger partial charge in [-0.3, -0.25) is 10.0 Å². The molecule has 0 radical (unpaired) electrons. The lowest BCUT2D eigenvalue weighted by molar-refractivity contribution is -0.129. The quantitative estimate of drug-likeness (QED) is 0.412. The van der Waals surface area contributed by atoms with Crippen molar-refractivity contribution in [1.82, 2.24) is 10.5 Å². The van der Waals surface area contributed by atoms with E-state index < -0.39 is 5.91 Å². The van der Waals surface area contributed by atoms with Crippen LogP contribution in [0.25, 0.3) is 20.8 Å². The van der Waals surface area contributed by atoms with Gasteiger partial charge < -0.3 is 4.74 Å². The Morgan fingerprint density at radius 3 is 2.91 bits per heavy atom. The fraction of sp³-hybridized carbons (Fsp3) is 0.176. The summed E-state index contributed by atoms with van der Waals surface area (Å²) in [5.74, 6) is 0.336. The number of carbonyl (C=O) groups is 1. The molecule has 0 saturated carbocycles. The molecule has 0 saturated heterocycles. The number of benzene rings is 2. The fourth-order valence-corrected chi connectivity index (χ4v) is 3.16. The number of ether oxygens (including phenoxy) is 1. The van der Waals surface area contributed by atoms with E-state index in [-0.39, 0.29) is 6.42 Å². The first-order valence-corrected chi connectivity index (χ1v) is 8.09. The third-order valence-electron chi connectivity index (χ3n) is 3.32. The average molecular weight is 328 g/mol. The van der Waals surface area contributed by atoms with E-state index in [1.165, 1.54) is 0 Å². The number of hydrogen-bond acceptors (Lipinski definition) is 5. The van der Waals surface area contributed by atoms with Crippen LogP contribution in [0.3, 0.4) is 0 Å². The van der Waals surface area contributed by atoms with Crippen LogP contribution in [0.1, 0.15) is 12.8 Å². The van der Waals surface area contributed by atoms with Crippen molar-refractivity contribution in [3.05, 3.63) is 48.5 Å². The second kappa shape index (κ2) is 7.21. The Labute approximate surface area is 137 Å². The fourth-order valence-electron chi connectivity index (χ4n) is 2.19. The zero-order chi connectivity index (χ0) is 16.1. The van der Waals surface area contributed by atoms with E-state index in [1.807, 2.05) is 42.5 Å². The predicted molar refractivity (Wildman–Crippen MR) is 89.7 cm³/mol. The predicted octanol–water partition coefficient (Wildman–Crippen LogP) is 3.63. The molecule has 1 aromatic heterocycles. The minimum absolute atomic E-state index is 0.230. The molecule has 1 heterocycles. The van der Waals surface area contributed by atoms with Gasteiger partial charge in [0.2, 0.25) is 5.91 Å². The van der Waals surface area contributed by atoms with Gasteiger partial charge in [-0.15, -0.1) is 11.3 Å². The van der Waals surface area contributed by atoms with E-state index in [9.17, 15) is 4.79 Å². The summed E-state index contributed by atoms with van der Waals surface area (Å²) in [7, 11) is 0. The van der Waals surface area contributed by atoms with E-state index in [2.05, 4.69) is 11.1 Å². The minimum atomic E-state index is -0.406. The van der Waals surface area contributed by atoms with Crippen LogP contribution < -0.4 is 10.2 Å². The first-order chi connectivity index (χ1) is 11.3. The van der Waals surface area contributed by atoms with Gasteiger partial charge in [0.1, 0.15) is 10.8 Å². The molecule has 5 nitrogen and oxygen atoms in total. The highest BCUT2D eigenvalue weighted by atomic mass is 32.1. The molecule has 0 aliphatic carbocycles. The number of aromatic nitrogens is 1. The van der Waals surface area contributed by atoms with Gasteiger partial charge >= 0.3 is 0 Å². The van der Waals surface area contributed by atoms with Crippen LogP contribution in [0.15, 0.2) is 48.5 Å². The highest BCUT2D eigenvalue weighted by Gasteiger charge is 2.07. The molecule has 6 heteroatoms. The molecule has 0 bridgehead atoms. The van der Waals surface area contributed by atoms with Crippen molar-refractivity contribution < 1.29 is 14.7 Å². The van der Waals surface area contributed by atoms with E-state index in [1.54, 1.807) is 16.8 Å². The summed E-state index contributed by atoms with van der Waals surface area (Å²) in [6.45, 7) is 0.413. The highest BCUT2D eigenvalue weighted by Crippen LogP contribution is 2.31. The molecule has 23 heavy (non-hydrogen) atoms. The van der Waals surface area contributed by atoms with Gasteiger partial charge in [-0.1, -0.05) is 24.3 Å². The third kappa shape index (κ3) is 3.85. The maximum Gasteiger partial charge on any atom is 0.243 e. The Balaban J connectivity index is 1.68. The van der Waals surface area contributed by atoms with Crippen LogP contribution in [-0.4, -0.2) is 22.7 Å².